The van der Waals surface area contributed by atoms with Crippen molar-refractivity contribution < 1.29 is 9.13 Å². The van der Waals surface area contributed by atoms with Gasteiger partial charge in [-0.2, -0.15) is 0 Å². The van der Waals surface area contributed by atoms with E-state index < -0.39 is 0 Å². The molecule has 1 fully saturated rings. The Morgan fingerprint density at radius 1 is 1.41 bits per heavy atom. The standard InChI is InChI=1S/C14H20FNO/c1-16-8-12(10-17-9-11-6-7-11)13-4-2-3-5-14(13)15/h2-5,11-12,16H,6-10H2,1H3. The Morgan fingerprint density at radius 2 is 2.18 bits per heavy atom. The summed E-state index contributed by atoms with van der Waals surface area (Å²) in [5.41, 5.74) is 0.748. The Bertz CT molecular complexity index is 352. The predicted molar refractivity (Wildman–Crippen MR) is 66.6 cm³/mol. The molecule has 0 aromatic heterocycles. The molecule has 1 unspecified atom stereocenters. The van der Waals surface area contributed by atoms with E-state index in [1.165, 1.54) is 18.9 Å². The third-order valence-electron chi connectivity index (χ3n) is 3.17. The zero-order valence-corrected chi connectivity index (χ0v) is 10.3. The number of hydrogen-bond acceptors (Lipinski definition) is 2. The van der Waals surface area contributed by atoms with Gasteiger partial charge in [-0.15, -0.1) is 0 Å². The summed E-state index contributed by atoms with van der Waals surface area (Å²) in [4.78, 5) is 0. The Labute approximate surface area is 102 Å². The molecule has 0 spiro atoms. The van der Waals surface area contributed by atoms with E-state index in [9.17, 15) is 4.39 Å². The van der Waals surface area contributed by atoms with Crippen LogP contribution >= 0.6 is 0 Å². The number of likely N-dealkylation sites (N-methyl/N-ethyl adjacent to an activating group) is 1. The van der Waals surface area contributed by atoms with Crippen molar-refractivity contribution in [3.8, 4) is 0 Å². The molecule has 0 radical (unpaired) electrons. The van der Waals surface area contributed by atoms with Gasteiger partial charge in [-0.1, -0.05) is 18.2 Å². The van der Waals surface area contributed by atoms with Crippen molar-refractivity contribution in [1.29, 1.82) is 0 Å². The van der Waals surface area contributed by atoms with Crippen LogP contribution in [0, 0.1) is 11.7 Å². The maximum Gasteiger partial charge on any atom is 0.126 e. The quantitative estimate of drug-likeness (QED) is 0.787. The van der Waals surface area contributed by atoms with Crippen LogP contribution in [0.4, 0.5) is 4.39 Å². The highest BCUT2D eigenvalue weighted by Crippen LogP contribution is 2.29. The van der Waals surface area contributed by atoms with Crippen molar-refractivity contribution >= 4 is 0 Å². The Balaban J connectivity index is 1.92. The molecule has 0 saturated heterocycles. The van der Waals surface area contributed by atoms with Crippen molar-refractivity contribution in [1.82, 2.24) is 5.32 Å². The first-order valence-electron chi connectivity index (χ1n) is 6.28. The minimum atomic E-state index is -0.136. The zero-order valence-electron chi connectivity index (χ0n) is 10.3. The average Bonchev–Trinajstić information content (AvgIpc) is 3.13. The normalized spacial score (nSPS) is 17.1. The molecular weight excluding hydrogens is 217 g/mol. The lowest BCUT2D eigenvalue weighted by Gasteiger charge is -2.17. The SMILES string of the molecule is CNCC(COCC1CC1)c1ccccc1F. The van der Waals surface area contributed by atoms with Crippen LogP contribution in [-0.2, 0) is 4.74 Å². The first-order valence-corrected chi connectivity index (χ1v) is 6.28. The van der Waals surface area contributed by atoms with Crippen LogP contribution in [-0.4, -0.2) is 26.8 Å². The van der Waals surface area contributed by atoms with Crippen molar-refractivity contribution in [3.63, 3.8) is 0 Å². The summed E-state index contributed by atoms with van der Waals surface area (Å²) in [5.74, 6) is 0.716. The van der Waals surface area contributed by atoms with Crippen molar-refractivity contribution in [2.24, 2.45) is 5.92 Å². The van der Waals surface area contributed by atoms with Crippen LogP contribution in [0.15, 0.2) is 24.3 Å². The first kappa shape index (κ1) is 12.5. The fraction of sp³-hybridized carbons (Fsp3) is 0.571. The number of nitrogens with one attached hydrogen (secondary N) is 1. The average molecular weight is 237 g/mol. The summed E-state index contributed by atoms with van der Waals surface area (Å²) in [6, 6.07) is 6.96. The van der Waals surface area contributed by atoms with E-state index in [4.69, 9.17) is 4.74 Å². The number of benzene rings is 1. The lowest BCUT2D eigenvalue weighted by Crippen LogP contribution is -2.22. The molecule has 0 bridgehead atoms. The van der Waals surface area contributed by atoms with Gasteiger partial charge in [0.1, 0.15) is 5.82 Å². The van der Waals surface area contributed by atoms with Gasteiger partial charge in [-0.05, 0) is 37.4 Å². The van der Waals surface area contributed by atoms with Crippen LogP contribution in [0.5, 0.6) is 0 Å². The van der Waals surface area contributed by atoms with Crippen LogP contribution in [0.3, 0.4) is 0 Å². The van der Waals surface area contributed by atoms with Crippen LogP contribution in [0.2, 0.25) is 0 Å². The second kappa shape index (κ2) is 6.12. The molecule has 1 aromatic rings. The molecule has 94 valence electrons. The van der Waals surface area contributed by atoms with Gasteiger partial charge in [0.2, 0.25) is 0 Å². The van der Waals surface area contributed by atoms with Gasteiger partial charge in [-0.25, -0.2) is 4.39 Å². The minimum Gasteiger partial charge on any atom is -0.380 e. The Hall–Kier alpha value is -0.930. The summed E-state index contributed by atoms with van der Waals surface area (Å²) in [7, 11) is 1.88. The Kier molecular flexibility index (Phi) is 4.51. The molecule has 1 saturated carbocycles. The largest absolute Gasteiger partial charge is 0.380 e. The van der Waals surface area contributed by atoms with Gasteiger partial charge in [0.05, 0.1) is 6.61 Å². The highest BCUT2D eigenvalue weighted by molar-refractivity contribution is 5.22. The van der Waals surface area contributed by atoms with E-state index >= 15 is 0 Å². The number of rotatable bonds is 7. The van der Waals surface area contributed by atoms with E-state index in [0.29, 0.717) is 6.61 Å². The van der Waals surface area contributed by atoms with Gasteiger partial charge >= 0.3 is 0 Å². The highest BCUT2D eigenvalue weighted by Gasteiger charge is 2.22. The fourth-order valence-corrected chi connectivity index (χ4v) is 1.97. The molecule has 1 aromatic carbocycles. The van der Waals surface area contributed by atoms with Crippen LogP contribution in [0.25, 0.3) is 0 Å². The lowest BCUT2D eigenvalue weighted by molar-refractivity contribution is 0.110. The number of hydrogen-bond donors (Lipinski definition) is 1. The molecule has 2 nitrogen and oxygen atoms in total. The summed E-state index contributed by atoms with van der Waals surface area (Å²) >= 11 is 0. The van der Waals surface area contributed by atoms with Gasteiger partial charge in [0.15, 0.2) is 0 Å². The fourth-order valence-electron chi connectivity index (χ4n) is 1.97. The molecule has 0 amide bonds. The van der Waals surface area contributed by atoms with Gasteiger partial charge in [0.25, 0.3) is 0 Å². The lowest BCUT2D eigenvalue weighted by atomic mass is 9.99. The van der Waals surface area contributed by atoms with E-state index in [2.05, 4.69) is 5.32 Å². The monoisotopic (exact) mass is 237 g/mol. The second-order valence-electron chi connectivity index (χ2n) is 4.76. The van der Waals surface area contributed by atoms with Gasteiger partial charge < -0.3 is 10.1 Å². The molecule has 1 N–H and O–H groups in total. The third-order valence-corrected chi connectivity index (χ3v) is 3.17. The van der Waals surface area contributed by atoms with Crippen LogP contribution < -0.4 is 5.32 Å². The molecule has 1 atom stereocenters. The highest BCUT2D eigenvalue weighted by atomic mass is 19.1. The second-order valence-corrected chi connectivity index (χ2v) is 4.76. The topological polar surface area (TPSA) is 21.3 Å². The molecule has 3 heteroatoms. The summed E-state index contributed by atoms with van der Waals surface area (Å²) in [6.45, 7) is 2.17. The van der Waals surface area contributed by atoms with E-state index in [1.807, 2.05) is 19.2 Å². The van der Waals surface area contributed by atoms with E-state index in [1.54, 1.807) is 6.07 Å². The van der Waals surface area contributed by atoms with E-state index in [0.717, 1.165) is 24.6 Å². The smallest absolute Gasteiger partial charge is 0.126 e. The van der Waals surface area contributed by atoms with Crippen LogP contribution in [0.1, 0.15) is 24.3 Å². The maximum atomic E-state index is 13.7. The van der Waals surface area contributed by atoms with Crippen molar-refractivity contribution in [2.45, 2.75) is 18.8 Å². The summed E-state index contributed by atoms with van der Waals surface area (Å²) in [5, 5.41) is 3.10. The molecule has 0 aliphatic heterocycles. The van der Waals surface area contributed by atoms with Crippen molar-refractivity contribution in [2.75, 3.05) is 26.8 Å². The first-order chi connectivity index (χ1) is 8.31. The third kappa shape index (κ3) is 3.79. The molecule has 2 rings (SSSR count). The summed E-state index contributed by atoms with van der Waals surface area (Å²) in [6.07, 6.45) is 2.58. The zero-order chi connectivity index (χ0) is 12.1. The Morgan fingerprint density at radius 3 is 2.82 bits per heavy atom. The summed E-state index contributed by atoms with van der Waals surface area (Å²) < 4.78 is 19.4. The molecule has 1 aliphatic rings. The van der Waals surface area contributed by atoms with Gasteiger partial charge in [-0.3, -0.25) is 0 Å². The predicted octanol–water partition coefficient (Wildman–Crippen LogP) is 2.56. The molecule has 0 heterocycles. The molecule has 17 heavy (non-hydrogen) atoms. The van der Waals surface area contributed by atoms with Gasteiger partial charge in [0, 0.05) is 19.1 Å². The van der Waals surface area contributed by atoms with Crippen molar-refractivity contribution in [3.05, 3.63) is 35.6 Å². The molecule has 1 aliphatic carbocycles. The minimum absolute atomic E-state index is 0.0972. The number of halogens is 1. The maximum absolute atomic E-state index is 13.7. The van der Waals surface area contributed by atoms with E-state index in [-0.39, 0.29) is 11.7 Å². The number of ether oxygens (including phenoxy) is 1. The molecular formula is C14H20FNO.